The maximum atomic E-state index is 13.0. The molecule has 0 unspecified atom stereocenters. The highest BCUT2D eigenvalue weighted by Gasteiger charge is 2.38. The lowest BCUT2D eigenvalue weighted by atomic mass is 9.85. The number of rotatable bonds is 9. The SMILES string of the molecule is CCCCc1ccc(C2=N/C(=C3/C(=O)C(c4ccc(-c5ccc(CCCC)cc5)[nH]4)=C3O)C=C2)cc1. The maximum Gasteiger partial charge on any atom is 0.204 e. The molecule has 182 valence electrons. The minimum absolute atomic E-state index is 0.00266. The first kappa shape index (κ1) is 23.8. The van der Waals surface area contributed by atoms with Gasteiger partial charge in [0.2, 0.25) is 5.78 Å². The van der Waals surface area contributed by atoms with Crippen LogP contribution in [0, 0.1) is 0 Å². The van der Waals surface area contributed by atoms with Crippen molar-refractivity contribution in [3.8, 4) is 11.3 Å². The van der Waals surface area contributed by atoms with Crippen molar-refractivity contribution in [1.29, 1.82) is 0 Å². The van der Waals surface area contributed by atoms with Crippen LogP contribution < -0.4 is 0 Å². The molecule has 0 saturated carbocycles. The van der Waals surface area contributed by atoms with Crippen LogP contribution in [-0.2, 0) is 17.6 Å². The van der Waals surface area contributed by atoms with Crippen LogP contribution in [-0.4, -0.2) is 21.6 Å². The largest absolute Gasteiger partial charge is 0.506 e. The summed E-state index contributed by atoms with van der Waals surface area (Å²) in [6.07, 6.45) is 10.6. The van der Waals surface area contributed by atoms with Crippen LogP contribution in [0.3, 0.4) is 0 Å². The van der Waals surface area contributed by atoms with Crippen molar-refractivity contribution in [2.45, 2.75) is 52.4 Å². The fourth-order valence-corrected chi connectivity index (χ4v) is 4.72. The summed E-state index contributed by atoms with van der Waals surface area (Å²) in [7, 11) is 0. The van der Waals surface area contributed by atoms with Gasteiger partial charge in [0, 0.05) is 11.3 Å². The van der Waals surface area contributed by atoms with Gasteiger partial charge in [0.05, 0.1) is 28.2 Å². The third kappa shape index (κ3) is 4.64. The first-order valence-electron chi connectivity index (χ1n) is 13.0. The number of ketones is 1. The number of carbonyl (C=O) groups is 1. The Bertz CT molecular complexity index is 1400. The summed E-state index contributed by atoms with van der Waals surface area (Å²) in [5.41, 5.74) is 8.18. The molecule has 3 aromatic rings. The molecular weight excluding hydrogens is 444 g/mol. The molecule has 4 nitrogen and oxygen atoms in total. The lowest BCUT2D eigenvalue weighted by molar-refractivity contribution is -0.111. The summed E-state index contributed by atoms with van der Waals surface area (Å²) >= 11 is 0. The number of aliphatic hydroxyl groups excluding tert-OH is 1. The van der Waals surface area contributed by atoms with Crippen molar-refractivity contribution in [3.63, 3.8) is 0 Å². The molecule has 36 heavy (non-hydrogen) atoms. The number of aromatic nitrogens is 1. The molecule has 0 radical (unpaired) electrons. The van der Waals surface area contributed by atoms with Crippen molar-refractivity contribution in [2.75, 3.05) is 0 Å². The van der Waals surface area contributed by atoms with E-state index < -0.39 is 0 Å². The van der Waals surface area contributed by atoms with Gasteiger partial charge in [-0.05, 0) is 66.7 Å². The predicted molar refractivity (Wildman–Crippen MR) is 147 cm³/mol. The number of Topliss-reactive ketones (excluding diaryl/α,β-unsaturated/α-hetero) is 1. The number of hydrogen-bond acceptors (Lipinski definition) is 3. The average molecular weight is 477 g/mol. The Morgan fingerprint density at radius 3 is 1.89 bits per heavy atom. The van der Waals surface area contributed by atoms with Gasteiger partial charge in [0.15, 0.2) is 0 Å². The second-order valence-corrected chi connectivity index (χ2v) is 9.53. The number of nitrogens with zero attached hydrogens (tertiary/aromatic N) is 1. The minimum atomic E-state index is -0.185. The van der Waals surface area contributed by atoms with Crippen LogP contribution in [0.2, 0.25) is 0 Å². The van der Waals surface area contributed by atoms with Crippen LogP contribution >= 0.6 is 0 Å². The van der Waals surface area contributed by atoms with Crippen molar-refractivity contribution in [1.82, 2.24) is 4.98 Å². The minimum Gasteiger partial charge on any atom is -0.506 e. The number of benzene rings is 2. The van der Waals surface area contributed by atoms with Gasteiger partial charge in [0.1, 0.15) is 5.76 Å². The number of hydrogen-bond donors (Lipinski definition) is 2. The molecule has 0 spiro atoms. The molecule has 1 aliphatic heterocycles. The average Bonchev–Trinajstić information content (AvgIpc) is 3.57. The van der Waals surface area contributed by atoms with E-state index in [-0.39, 0.29) is 17.1 Å². The van der Waals surface area contributed by atoms with Crippen molar-refractivity contribution < 1.29 is 9.90 Å². The van der Waals surface area contributed by atoms with E-state index in [1.807, 2.05) is 18.2 Å². The number of H-pyrrole nitrogens is 1. The third-order valence-electron chi connectivity index (χ3n) is 6.93. The number of unbranched alkanes of at least 4 members (excludes halogenated alkanes) is 2. The highest BCUT2D eigenvalue weighted by molar-refractivity contribution is 6.39. The van der Waals surface area contributed by atoms with Crippen molar-refractivity contribution in [3.05, 3.63) is 112 Å². The number of aliphatic imine (C=N–C) groups is 1. The second kappa shape index (κ2) is 10.4. The standard InChI is InChI=1S/C32H32N2O2/c1-3-5-7-21-9-13-23(14-10-21)25-17-19-27(33-25)29-31(35)30(32(29)36)28-20-18-26(34-28)24-15-11-22(12-16-24)8-6-4-2/h9-20,33,35H,3-8H2,1-2H3/b30-28+. The summed E-state index contributed by atoms with van der Waals surface area (Å²) < 4.78 is 0. The smallest absolute Gasteiger partial charge is 0.204 e. The monoisotopic (exact) mass is 476 g/mol. The predicted octanol–water partition coefficient (Wildman–Crippen LogP) is 7.53. The van der Waals surface area contributed by atoms with E-state index in [0.29, 0.717) is 17.0 Å². The van der Waals surface area contributed by atoms with Gasteiger partial charge < -0.3 is 10.1 Å². The molecule has 0 bridgehead atoms. The molecule has 2 aliphatic rings. The highest BCUT2D eigenvalue weighted by Crippen LogP contribution is 2.39. The van der Waals surface area contributed by atoms with Gasteiger partial charge in [-0.2, -0.15) is 0 Å². The van der Waals surface area contributed by atoms with E-state index in [4.69, 9.17) is 0 Å². The Hall–Kier alpha value is -3.92. The molecule has 0 atom stereocenters. The van der Waals surface area contributed by atoms with Crippen LogP contribution in [0.4, 0.5) is 0 Å². The van der Waals surface area contributed by atoms with Crippen LogP contribution in [0.1, 0.15) is 61.9 Å². The Labute approximate surface area is 212 Å². The fourth-order valence-electron chi connectivity index (χ4n) is 4.72. The van der Waals surface area contributed by atoms with Gasteiger partial charge in [-0.25, -0.2) is 4.99 Å². The van der Waals surface area contributed by atoms with Crippen molar-refractivity contribution in [2.24, 2.45) is 4.99 Å². The van der Waals surface area contributed by atoms with Gasteiger partial charge in [-0.1, -0.05) is 75.2 Å². The zero-order valence-corrected chi connectivity index (χ0v) is 21.0. The molecule has 2 N–H and O–H groups in total. The van der Waals surface area contributed by atoms with E-state index >= 15 is 0 Å². The summed E-state index contributed by atoms with van der Waals surface area (Å²) in [5, 5.41) is 10.8. The zero-order valence-electron chi connectivity index (χ0n) is 21.0. The van der Waals surface area contributed by atoms with Crippen LogP contribution in [0.5, 0.6) is 0 Å². The van der Waals surface area contributed by atoms with E-state index in [0.717, 1.165) is 35.4 Å². The van der Waals surface area contributed by atoms with E-state index in [1.165, 1.54) is 36.8 Å². The third-order valence-corrected chi connectivity index (χ3v) is 6.93. The molecule has 5 rings (SSSR count). The Morgan fingerprint density at radius 2 is 1.31 bits per heavy atom. The highest BCUT2D eigenvalue weighted by atomic mass is 16.3. The van der Waals surface area contributed by atoms with E-state index in [2.05, 4.69) is 72.4 Å². The molecule has 0 saturated heterocycles. The van der Waals surface area contributed by atoms with Crippen LogP contribution in [0.15, 0.2) is 94.8 Å². The second-order valence-electron chi connectivity index (χ2n) is 9.53. The molecule has 1 aliphatic carbocycles. The topological polar surface area (TPSA) is 65.5 Å². The van der Waals surface area contributed by atoms with Crippen LogP contribution in [0.25, 0.3) is 16.8 Å². The lowest BCUT2D eigenvalue weighted by Crippen LogP contribution is -2.22. The van der Waals surface area contributed by atoms with E-state index in [9.17, 15) is 9.90 Å². The van der Waals surface area contributed by atoms with E-state index in [1.54, 1.807) is 6.08 Å². The molecular formula is C32H32N2O2. The number of allylic oxidation sites excluding steroid dienone is 4. The molecule has 0 amide bonds. The molecule has 4 heteroatoms. The van der Waals surface area contributed by atoms with Gasteiger partial charge in [-0.15, -0.1) is 0 Å². The first-order chi connectivity index (χ1) is 17.6. The lowest BCUT2D eigenvalue weighted by Gasteiger charge is -2.21. The van der Waals surface area contributed by atoms with Crippen molar-refractivity contribution >= 4 is 17.1 Å². The Kier molecular flexibility index (Phi) is 6.86. The Balaban J connectivity index is 1.34. The quantitative estimate of drug-likeness (QED) is 0.313. The normalized spacial score (nSPS) is 17.1. The number of aliphatic hydroxyl groups is 1. The fraction of sp³-hybridized carbons (Fsp3) is 0.250. The molecule has 2 aromatic carbocycles. The molecule has 1 aromatic heterocycles. The van der Waals surface area contributed by atoms with Gasteiger partial charge >= 0.3 is 0 Å². The number of nitrogens with one attached hydrogen (secondary N) is 1. The summed E-state index contributed by atoms with van der Waals surface area (Å²) in [6, 6.07) is 20.7. The zero-order chi connectivity index (χ0) is 25.1. The maximum absolute atomic E-state index is 13.0. The Morgan fingerprint density at radius 1 is 0.722 bits per heavy atom. The summed E-state index contributed by atoms with van der Waals surface area (Å²) in [4.78, 5) is 21.0. The number of carbonyl (C=O) groups excluding carboxylic acids is 1. The summed E-state index contributed by atoms with van der Waals surface area (Å²) in [6.45, 7) is 4.39. The molecule has 0 fully saturated rings. The number of aryl methyl sites for hydroxylation is 2. The van der Waals surface area contributed by atoms with Gasteiger partial charge in [0.25, 0.3) is 0 Å². The summed E-state index contributed by atoms with van der Waals surface area (Å²) in [5.74, 6) is -0.182. The molecule has 2 heterocycles. The van der Waals surface area contributed by atoms with Gasteiger partial charge in [-0.3, -0.25) is 4.79 Å². The first-order valence-corrected chi connectivity index (χ1v) is 13.0. The number of aromatic amines is 1.